The van der Waals surface area contributed by atoms with Gasteiger partial charge in [-0.3, -0.25) is 0 Å². The first-order valence-electron chi connectivity index (χ1n) is 5.15. The zero-order valence-electron chi connectivity index (χ0n) is 9.56. The Morgan fingerprint density at radius 3 is 2.44 bits per heavy atom. The number of aromatic nitrogens is 2. The third-order valence-corrected chi connectivity index (χ3v) is 1.99. The minimum atomic E-state index is -1.10. The van der Waals surface area contributed by atoms with Crippen LogP contribution in [0.15, 0.2) is 24.3 Å². The van der Waals surface area contributed by atoms with Crippen molar-refractivity contribution in [1.82, 2.24) is 9.97 Å². The van der Waals surface area contributed by atoms with Crippen molar-refractivity contribution >= 4 is 16.9 Å². The number of para-hydroxylation sites is 1. The maximum Gasteiger partial charge on any atom is 0.373 e. The molecule has 0 bridgehead atoms. The Bertz CT molecular complexity index is 509. The Hall–Kier alpha value is -1.97. The molecule has 0 radical (unpaired) electrons. The number of carboxylic acid groups (broad SMARTS) is 1. The van der Waals surface area contributed by atoms with Crippen LogP contribution in [0, 0.1) is 6.92 Å². The first kappa shape index (κ1) is 12.1. The minimum Gasteiger partial charge on any atom is -0.475 e. The Morgan fingerprint density at radius 2 is 1.81 bits per heavy atom. The van der Waals surface area contributed by atoms with Gasteiger partial charge in [-0.05, 0) is 13.0 Å². The number of aromatic carboxylic acids is 1. The lowest BCUT2D eigenvalue weighted by atomic mass is 10.2. The number of hydrogen-bond acceptors (Lipinski definition) is 3. The van der Waals surface area contributed by atoms with Crippen LogP contribution in [-0.2, 0) is 0 Å². The quantitative estimate of drug-likeness (QED) is 0.799. The lowest BCUT2D eigenvalue weighted by molar-refractivity contribution is 0.0683. The summed E-state index contributed by atoms with van der Waals surface area (Å²) in [6, 6.07) is 7.34. The molecule has 84 valence electrons. The van der Waals surface area contributed by atoms with Crippen molar-refractivity contribution in [2.45, 2.75) is 20.8 Å². The molecule has 0 atom stereocenters. The lowest BCUT2D eigenvalue weighted by Crippen LogP contribution is -2.05. The number of carbonyl (C=O) groups is 1. The zero-order valence-corrected chi connectivity index (χ0v) is 9.56. The number of nitrogens with zero attached hydrogens (tertiary/aromatic N) is 2. The van der Waals surface area contributed by atoms with Crippen LogP contribution in [0.4, 0.5) is 0 Å². The highest BCUT2D eigenvalue weighted by atomic mass is 16.4. The summed E-state index contributed by atoms with van der Waals surface area (Å²) in [7, 11) is 0. The molecule has 4 heteroatoms. The van der Waals surface area contributed by atoms with E-state index in [1.807, 2.05) is 32.0 Å². The van der Waals surface area contributed by atoms with Crippen LogP contribution in [0.5, 0.6) is 0 Å². The van der Waals surface area contributed by atoms with E-state index in [1.54, 1.807) is 13.0 Å². The summed E-state index contributed by atoms with van der Waals surface area (Å²) in [6.07, 6.45) is 0. The van der Waals surface area contributed by atoms with Crippen LogP contribution in [0.3, 0.4) is 0 Å². The molecule has 2 rings (SSSR count). The van der Waals surface area contributed by atoms with E-state index in [4.69, 9.17) is 5.11 Å². The van der Waals surface area contributed by atoms with Gasteiger partial charge in [-0.25, -0.2) is 14.8 Å². The maximum atomic E-state index is 10.7. The molecule has 0 fully saturated rings. The van der Waals surface area contributed by atoms with Crippen LogP contribution in [-0.4, -0.2) is 21.0 Å². The predicted molar refractivity (Wildman–Crippen MR) is 62.6 cm³/mol. The number of rotatable bonds is 1. The SMILES string of the molecule is CC.Cc1nc(C(=O)O)nc2ccccc12. The lowest BCUT2D eigenvalue weighted by Gasteiger charge is -2.01. The number of carboxylic acids is 1. The highest BCUT2D eigenvalue weighted by Crippen LogP contribution is 2.14. The number of fused-ring (bicyclic) bond motifs is 1. The maximum absolute atomic E-state index is 10.7. The first-order valence-corrected chi connectivity index (χ1v) is 5.15. The highest BCUT2D eigenvalue weighted by molar-refractivity contribution is 5.88. The van der Waals surface area contributed by atoms with Crippen LogP contribution in [0.25, 0.3) is 10.9 Å². The van der Waals surface area contributed by atoms with Gasteiger partial charge in [0.2, 0.25) is 5.82 Å². The molecular weight excluding hydrogens is 204 g/mol. The molecule has 0 saturated carbocycles. The molecule has 0 spiro atoms. The van der Waals surface area contributed by atoms with Gasteiger partial charge < -0.3 is 5.11 Å². The number of hydrogen-bond donors (Lipinski definition) is 1. The molecule has 1 N–H and O–H groups in total. The Kier molecular flexibility index (Phi) is 3.94. The van der Waals surface area contributed by atoms with E-state index in [1.165, 1.54) is 0 Å². The third kappa shape index (κ3) is 2.34. The van der Waals surface area contributed by atoms with Crippen molar-refractivity contribution in [2.75, 3.05) is 0 Å². The molecule has 4 nitrogen and oxygen atoms in total. The fraction of sp³-hybridized carbons (Fsp3) is 0.250. The average Bonchev–Trinajstić information content (AvgIpc) is 2.31. The molecule has 0 unspecified atom stereocenters. The second-order valence-electron chi connectivity index (χ2n) is 2.95. The van der Waals surface area contributed by atoms with Gasteiger partial charge in [0.15, 0.2) is 0 Å². The van der Waals surface area contributed by atoms with E-state index in [2.05, 4.69) is 9.97 Å². The van der Waals surface area contributed by atoms with Crippen molar-refractivity contribution in [3.05, 3.63) is 35.8 Å². The fourth-order valence-electron chi connectivity index (χ4n) is 1.33. The molecule has 1 aromatic carbocycles. The normalized spacial score (nSPS) is 9.44. The van der Waals surface area contributed by atoms with Crippen molar-refractivity contribution in [2.24, 2.45) is 0 Å². The Balaban J connectivity index is 0.000000606. The molecule has 0 aliphatic rings. The van der Waals surface area contributed by atoms with Gasteiger partial charge in [-0.2, -0.15) is 0 Å². The molecule has 0 aliphatic carbocycles. The molecule has 1 aromatic heterocycles. The molecule has 0 aliphatic heterocycles. The molecular formula is C12H14N2O2. The first-order chi connectivity index (χ1) is 7.68. The number of benzene rings is 1. The summed E-state index contributed by atoms with van der Waals surface area (Å²) in [5, 5.41) is 9.63. The van der Waals surface area contributed by atoms with E-state index in [0.29, 0.717) is 11.2 Å². The molecule has 0 saturated heterocycles. The number of aryl methyl sites for hydroxylation is 1. The molecule has 0 amide bonds. The van der Waals surface area contributed by atoms with Crippen LogP contribution in [0.2, 0.25) is 0 Å². The second-order valence-corrected chi connectivity index (χ2v) is 2.95. The highest BCUT2D eigenvalue weighted by Gasteiger charge is 2.09. The van der Waals surface area contributed by atoms with Crippen LogP contribution < -0.4 is 0 Å². The Labute approximate surface area is 94.0 Å². The molecule has 16 heavy (non-hydrogen) atoms. The van der Waals surface area contributed by atoms with Crippen LogP contribution >= 0.6 is 0 Å². The van der Waals surface area contributed by atoms with Gasteiger partial charge in [0, 0.05) is 11.1 Å². The monoisotopic (exact) mass is 218 g/mol. The topological polar surface area (TPSA) is 63.1 Å². The fourth-order valence-corrected chi connectivity index (χ4v) is 1.33. The summed E-state index contributed by atoms with van der Waals surface area (Å²) < 4.78 is 0. The molecule has 1 heterocycles. The smallest absolute Gasteiger partial charge is 0.373 e. The van der Waals surface area contributed by atoms with Crippen molar-refractivity contribution < 1.29 is 9.90 Å². The van der Waals surface area contributed by atoms with Crippen molar-refractivity contribution in [3.8, 4) is 0 Å². The summed E-state index contributed by atoms with van der Waals surface area (Å²) in [4.78, 5) is 18.5. The zero-order chi connectivity index (χ0) is 12.1. The minimum absolute atomic E-state index is 0.152. The summed E-state index contributed by atoms with van der Waals surface area (Å²) >= 11 is 0. The van der Waals surface area contributed by atoms with Crippen molar-refractivity contribution in [1.29, 1.82) is 0 Å². The van der Waals surface area contributed by atoms with Gasteiger partial charge in [-0.1, -0.05) is 32.0 Å². The van der Waals surface area contributed by atoms with E-state index < -0.39 is 5.97 Å². The Morgan fingerprint density at radius 1 is 1.19 bits per heavy atom. The van der Waals surface area contributed by atoms with Gasteiger partial charge >= 0.3 is 5.97 Å². The summed E-state index contributed by atoms with van der Waals surface area (Å²) in [5.74, 6) is -1.25. The third-order valence-electron chi connectivity index (χ3n) is 1.99. The van der Waals surface area contributed by atoms with Gasteiger partial charge in [0.25, 0.3) is 0 Å². The predicted octanol–water partition coefficient (Wildman–Crippen LogP) is 2.66. The largest absolute Gasteiger partial charge is 0.475 e. The standard InChI is InChI=1S/C10H8N2O2.C2H6/c1-6-7-4-2-3-5-8(7)12-9(11-6)10(13)14;1-2/h2-5H,1H3,(H,13,14);1-2H3. The van der Waals surface area contributed by atoms with E-state index >= 15 is 0 Å². The van der Waals surface area contributed by atoms with E-state index in [9.17, 15) is 4.79 Å². The van der Waals surface area contributed by atoms with Gasteiger partial charge in [0.05, 0.1) is 5.52 Å². The summed E-state index contributed by atoms with van der Waals surface area (Å²) in [6.45, 7) is 5.77. The van der Waals surface area contributed by atoms with E-state index in [-0.39, 0.29) is 5.82 Å². The van der Waals surface area contributed by atoms with Crippen molar-refractivity contribution in [3.63, 3.8) is 0 Å². The van der Waals surface area contributed by atoms with Gasteiger partial charge in [0.1, 0.15) is 0 Å². The second kappa shape index (κ2) is 5.21. The average molecular weight is 218 g/mol. The summed E-state index contributed by atoms with van der Waals surface area (Å²) in [5.41, 5.74) is 1.35. The molecule has 2 aromatic rings. The van der Waals surface area contributed by atoms with Crippen LogP contribution in [0.1, 0.15) is 30.2 Å². The van der Waals surface area contributed by atoms with E-state index in [0.717, 1.165) is 5.39 Å². The van der Waals surface area contributed by atoms with Gasteiger partial charge in [-0.15, -0.1) is 0 Å².